The first kappa shape index (κ1) is 35.9. The average molecular weight is 689 g/mol. The van der Waals surface area contributed by atoms with Crippen molar-refractivity contribution in [2.75, 3.05) is 26.2 Å². The summed E-state index contributed by atoms with van der Waals surface area (Å²) in [6, 6.07) is 22.2. The Bertz CT molecular complexity index is 1600. The molecule has 0 radical (unpaired) electrons. The lowest BCUT2D eigenvalue weighted by Gasteiger charge is -2.26. The highest BCUT2D eigenvalue weighted by Crippen LogP contribution is 2.35. The van der Waals surface area contributed by atoms with E-state index in [1.807, 2.05) is 62.4 Å². The lowest BCUT2D eigenvalue weighted by molar-refractivity contribution is 0.143. The number of alkyl halides is 4. The highest BCUT2D eigenvalue weighted by atomic mass is 19.3. The molecule has 0 saturated carbocycles. The number of rotatable bonds is 13. The van der Waals surface area contributed by atoms with E-state index in [-0.39, 0.29) is 35.8 Å². The fraction of sp³-hybridized carbons (Fsp3) is 0.429. The average Bonchev–Trinajstić information content (AvgIpc) is 3.12. The summed E-state index contributed by atoms with van der Waals surface area (Å²) in [5, 5.41) is 0. The molecule has 8 heteroatoms. The van der Waals surface area contributed by atoms with Crippen LogP contribution in [0, 0.1) is 13.8 Å². The topological polar surface area (TPSA) is 24.9 Å². The molecule has 2 aliphatic rings. The highest BCUT2D eigenvalue weighted by molar-refractivity contribution is 5.72. The van der Waals surface area contributed by atoms with Gasteiger partial charge in [-0.1, -0.05) is 61.4 Å². The predicted octanol–water partition coefficient (Wildman–Crippen LogP) is 11.0. The maximum Gasteiger partial charge on any atom is 0.267 e. The summed E-state index contributed by atoms with van der Waals surface area (Å²) in [6.07, 6.45) is 1.77. The second kappa shape index (κ2) is 16.9. The number of hydrogen-bond donors (Lipinski definition) is 0. The van der Waals surface area contributed by atoms with E-state index in [9.17, 15) is 17.6 Å². The lowest BCUT2D eigenvalue weighted by atomic mass is 9.92. The molecule has 2 fully saturated rings. The molecule has 6 rings (SSSR count). The molecule has 0 atom stereocenters. The molecule has 266 valence electrons. The van der Waals surface area contributed by atoms with Gasteiger partial charge in [0, 0.05) is 13.1 Å². The first-order valence-electron chi connectivity index (χ1n) is 18.0. The fourth-order valence-electron chi connectivity index (χ4n) is 7.32. The van der Waals surface area contributed by atoms with Crippen molar-refractivity contribution in [3.63, 3.8) is 0 Å². The number of nitrogens with zero attached hydrogens (tertiary/aromatic N) is 2. The van der Waals surface area contributed by atoms with Crippen molar-refractivity contribution in [3.8, 4) is 22.6 Å². The van der Waals surface area contributed by atoms with Crippen LogP contribution in [0.25, 0.3) is 11.1 Å². The Hall–Kier alpha value is -3.88. The Morgan fingerprint density at radius 3 is 1.32 bits per heavy atom. The quantitative estimate of drug-likeness (QED) is 0.131. The third-order valence-electron chi connectivity index (χ3n) is 10.3. The van der Waals surface area contributed by atoms with Crippen molar-refractivity contribution in [2.24, 2.45) is 0 Å². The van der Waals surface area contributed by atoms with Crippen LogP contribution in [0.1, 0.15) is 95.9 Å². The molecule has 0 aromatic heterocycles. The number of benzene rings is 4. The number of likely N-dealkylation sites (tertiary alicyclic amines) is 2. The van der Waals surface area contributed by atoms with Gasteiger partial charge in [0.2, 0.25) is 0 Å². The van der Waals surface area contributed by atoms with Crippen molar-refractivity contribution < 1.29 is 27.0 Å². The number of hydrogen-bond acceptors (Lipinski definition) is 4. The van der Waals surface area contributed by atoms with Gasteiger partial charge in [-0.25, -0.2) is 17.6 Å². The molecule has 0 aliphatic carbocycles. The zero-order valence-corrected chi connectivity index (χ0v) is 29.2. The summed E-state index contributed by atoms with van der Waals surface area (Å²) in [7, 11) is 0. The minimum absolute atomic E-state index is 0.0801. The molecule has 0 unspecified atom stereocenters. The third-order valence-corrected chi connectivity index (χ3v) is 10.3. The second-order valence-electron chi connectivity index (χ2n) is 13.8. The second-order valence-corrected chi connectivity index (χ2v) is 13.8. The summed E-state index contributed by atoms with van der Waals surface area (Å²) >= 11 is 0. The molecule has 2 aliphatic heterocycles. The fourth-order valence-corrected chi connectivity index (χ4v) is 7.32. The first-order chi connectivity index (χ1) is 24.3. The van der Waals surface area contributed by atoms with Gasteiger partial charge in [-0.3, -0.25) is 9.80 Å². The van der Waals surface area contributed by atoms with Crippen LogP contribution in [0.4, 0.5) is 17.6 Å². The molecule has 0 N–H and O–H groups in total. The van der Waals surface area contributed by atoms with Crippen LogP contribution in [-0.4, -0.2) is 36.0 Å². The Kier molecular flexibility index (Phi) is 12.1. The van der Waals surface area contributed by atoms with E-state index in [2.05, 4.69) is 9.80 Å². The number of halogens is 4. The van der Waals surface area contributed by atoms with Gasteiger partial charge in [0.15, 0.2) is 0 Å². The maximum absolute atomic E-state index is 14.2. The van der Waals surface area contributed by atoms with E-state index in [1.54, 1.807) is 24.3 Å². The van der Waals surface area contributed by atoms with E-state index in [0.717, 1.165) is 96.4 Å². The van der Waals surface area contributed by atoms with Gasteiger partial charge in [-0.2, -0.15) is 0 Å². The van der Waals surface area contributed by atoms with Gasteiger partial charge >= 0.3 is 0 Å². The lowest BCUT2D eigenvalue weighted by Crippen LogP contribution is -2.29. The van der Waals surface area contributed by atoms with Crippen molar-refractivity contribution >= 4 is 0 Å². The van der Waals surface area contributed by atoms with E-state index in [0.29, 0.717) is 13.1 Å². The van der Waals surface area contributed by atoms with E-state index < -0.39 is 12.9 Å². The highest BCUT2D eigenvalue weighted by Gasteiger charge is 2.20. The molecular formula is C42H48F4N2O2. The van der Waals surface area contributed by atoms with Crippen LogP contribution in [0.5, 0.6) is 11.5 Å². The minimum Gasteiger partial charge on any atom is -0.488 e. The van der Waals surface area contributed by atoms with Crippen LogP contribution < -0.4 is 9.47 Å². The number of piperidine rings is 2. The number of ether oxygens (including phenoxy) is 2. The van der Waals surface area contributed by atoms with Crippen molar-refractivity contribution in [3.05, 3.63) is 117 Å². The van der Waals surface area contributed by atoms with Crippen LogP contribution in [-0.2, 0) is 26.3 Å². The Labute approximate surface area is 294 Å². The van der Waals surface area contributed by atoms with E-state index >= 15 is 0 Å². The Balaban J connectivity index is 1.15. The smallest absolute Gasteiger partial charge is 0.267 e. The van der Waals surface area contributed by atoms with Crippen LogP contribution >= 0.6 is 0 Å². The first-order valence-corrected chi connectivity index (χ1v) is 18.0. The zero-order valence-electron chi connectivity index (χ0n) is 29.2. The van der Waals surface area contributed by atoms with E-state index in [1.165, 1.54) is 12.8 Å². The predicted molar refractivity (Wildman–Crippen MR) is 191 cm³/mol. The van der Waals surface area contributed by atoms with Crippen molar-refractivity contribution in [1.82, 2.24) is 9.80 Å². The Morgan fingerprint density at radius 2 is 0.940 bits per heavy atom. The Morgan fingerprint density at radius 1 is 0.540 bits per heavy atom. The monoisotopic (exact) mass is 688 g/mol. The zero-order chi connectivity index (χ0) is 35.0. The minimum atomic E-state index is -2.64. The molecule has 4 nitrogen and oxygen atoms in total. The van der Waals surface area contributed by atoms with Gasteiger partial charge in [0.05, 0.1) is 11.1 Å². The molecular weight excluding hydrogens is 640 g/mol. The summed E-state index contributed by atoms with van der Waals surface area (Å²) in [4.78, 5) is 4.64. The van der Waals surface area contributed by atoms with Crippen LogP contribution in [0.2, 0.25) is 0 Å². The summed E-state index contributed by atoms with van der Waals surface area (Å²) < 4.78 is 68.7. The van der Waals surface area contributed by atoms with Gasteiger partial charge in [-0.15, -0.1) is 0 Å². The van der Waals surface area contributed by atoms with Crippen molar-refractivity contribution in [1.29, 1.82) is 0 Å². The summed E-state index contributed by atoms with van der Waals surface area (Å²) in [5.41, 5.74) is 7.34. The maximum atomic E-state index is 14.2. The largest absolute Gasteiger partial charge is 0.488 e. The van der Waals surface area contributed by atoms with E-state index in [4.69, 9.17) is 9.47 Å². The normalized spacial score (nSPS) is 15.9. The molecule has 2 saturated heterocycles. The van der Waals surface area contributed by atoms with Gasteiger partial charge in [-0.05, 0) is 134 Å². The molecule has 4 aromatic carbocycles. The SMILES string of the molecule is Cc1c(COc2ccc(CN3CCCCC3)cc2C(F)F)cccc1-c1cccc(COc2ccc(CN3CCCCC3)cc2C(F)F)c1C. The van der Waals surface area contributed by atoms with Gasteiger partial charge < -0.3 is 9.47 Å². The molecule has 0 spiro atoms. The molecule has 0 amide bonds. The third kappa shape index (κ3) is 8.88. The summed E-state index contributed by atoms with van der Waals surface area (Å²) in [5.74, 6) is 0.399. The van der Waals surface area contributed by atoms with Crippen LogP contribution in [0.15, 0.2) is 72.8 Å². The van der Waals surface area contributed by atoms with Gasteiger partial charge in [0.25, 0.3) is 12.9 Å². The molecule has 50 heavy (non-hydrogen) atoms. The standard InChI is InChI=1S/C42H48F4N2O2/c1-29-33(27-49-39-17-15-31(23-37(39)41(43)44)25-47-19-5-3-6-20-47)11-9-13-35(29)36-14-10-12-34(30(36)2)28-50-40-18-16-32(24-38(40)42(45)46)26-48-21-7-4-8-22-48/h9-18,23-24,41-42H,3-8,19-22,25-28H2,1-2H3. The van der Waals surface area contributed by atoms with Crippen LogP contribution in [0.3, 0.4) is 0 Å². The molecule has 0 bridgehead atoms. The molecule has 2 heterocycles. The van der Waals surface area contributed by atoms with Gasteiger partial charge in [0.1, 0.15) is 24.7 Å². The summed E-state index contributed by atoms with van der Waals surface area (Å²) in [6.45, 7) is 9.65. The van der Waals surface area contributed by atoms with Crippen molar-refractivity contribution in [2.45, 2.75) is 91.5 Å². The molecule has 4 aromatic rings.